The molecule has 0 N–H and O–H groups in total. The first-order chi connectivity index (χ1) is 16.1. The van der Waals surface area contributed by atoms with E-state index < -0.39 is 23.7 Å². The summed E-state index contributed by atoms with van der Waals surface area (Å²) in [6.07, 6.45) is 0. The normalized spacial score (nSPS) is 13.8. The molecule has 0 saturated carbocycles. The number of amides is 2. The maximum Gasteiger partial charge on any atom is 0.315 e. The predicted molar refractivity (Wildman–Crippen MR) is 125 cm³/mol. The van der Waals surface area contributed by atoms with Crippen molar-refractivity contribution in [3.05, 3.63) is 119 Å². The summed E-state index contributed by atoms with van der Waals surface area (Å²) in [5, 5.41) is 1.86. The minimum absolute atomic E-state index is 0.0893. The Morgan fingerprint density at radius 2 is 1.33 bits per heavy atom. The number of hydrogen-bond acceptors (Lipinski definition) is 4. The lowest BCUT2D eigenvalue weighted by atomic mass is 9.93. The third-order valence-electron chi connectivity index (χ3n) is 5.95. The van der Waals surface area contributed by atoms with Crippen LogP contribution >= 0.6 is 0 Å². The number of rotatable bonds is 6. The van der Waals surface area contributed by atoms with Crippen molar-refractivity contribution in [2.45, 2.75) is 12.5 Å². The smallest absolute Gasteiger partial charge is 0.315 e. The van der Waals surface area contributed by atoms with Crippen LogP contribution in [0.25, 0.3) is 10.8 Å². The van der Waals surface area contributed by atoms with Gasteiger partial charge in [0.05, 0.1) is 11.1 Å². The monoisotopic (exact) mass is 435 g/mol. The lowest BCUT2D eigenvalue weighted by Gasteiger charge is -2.23. The molecule has 2 amide bonds. The van der Waals surface area contributed by atoms with E-state index in [1.807, 2.05) is 72.8 Å². The van der Waals surface area contributed by atoms with Gasteiger partial charge in [0, 0.05) is 6.54 Å². The topological polar surface area (TPSA) is 63.7 Å². The highest BCUT2D eigenvalue weighted by molar-refractivity contribution is 6.21. The van der Waals surface area contributed by atoms with Crippen LogP contribution in [0.5, 0.6) is 0 Å². The lowest BCUT2D eigenvalue weighted by molar-refractivity contribution is -0.147. The molecular weight excluding hydrogens is 414 g/mol. The summed E-state index contributed by atoms with van der Waals surface area (Å²) in [6.45, 7) is 0.0248. The summed E-state index contributed by atoms with van der Waals surface area (Å²) in [5.41, 5.74) is 2.31. The molecule has 1 heterocycles. The highest BCUT2D eigenvalue weighted by atomic mass is 16.5. The molecule has 4 aromatic carbocycles. The first-order valence-corrected chi connectivity index (χ1v) is 10.8. The van der Waals surface area contributed by atoms with Crippen LogP contribution in [-0.2, 0) is 16.1 Å². The van der Waals surface area contributed by atoms with Crippen LogP contribution < -0.4 is 0 Å². The van der Waals surface area contributed by atoms with E-state index in [1.165, 1.54) is 0 Å². The Morgan fingerprint density at radius 3 is 2.06 bits per heavy atom. The molecule has 5 nitrogen and oxygen atoms in total. The molecule has 1 aliphatic rings. The van der Waals surface area contributed by atoms with Gasteiger partial charge < -0.3 is 4.74 Å². The lowest BCUT2D eigenvalue weighted by Crippen LogP contribution is -2.37. The van der Waals surface area contributed by atoms with Crippen molar-refractivity contribution in [1.82, 2.24) is 4.90 Å². The standard InChI is InChI=1S/C28H21NO4/c30-26-23-14-6-7-15-24(23)27(31)29(26)17-25(28(32)33-18-19-9-2-1-3-10-19)22-16-8-12-20-11-4-5-13-21(20)22/h1-16,25H,17-18H2. The van der Waals surface area contributed by atoms with Crippen LogP contribution in [0.2, 0.25) is 0 Å². The predicted octanol–water partition coefficient (Wildman–Crippen LogP) is 4.96. The van der Waals surface area contributed by atoms with Crippen LogP contribution in [-0.4, -0.2) is 29.2 Å². The average Bonchev–Trinajstić information content (AvgIpc) is 3.11. The number of benzene rings is 4. The zero-order valence-electron chi connectivity index (χ0n) is 17.8. The van der Waals surface area contributed by atoms with Crippen molar-refractivity contribution in [3.63, 3.8) is 0 Å². The summed E-state index contributed by atoms with van der Waals surface area (Å²) in [4.78, 5) is 40.5. The van der Waals surface area contributed by atoms with Gasteiger partial charge >= 0.3 is 5.97 Å². The number of imide groups is 1. The van der Waals surface area contributed by atoms with Crippen molar-refractivity contribution in [2.75, 3.05) is 6.54 Å². The largest absolute Gasteiger partial charge is 0.460 e. The van der Waals surface area contributed by atoms with Gasteiger partial charge in [-0.05, 0) is 34.0 Å². The second-order valence-electron chi connectivity index (χ2n) is 7.98. The molecule has 5 heteroatoms. The number of carbonyl (C=O) groups excluding carboxylic acids is 3. The fourth-order valence-corrected chi connectivity index (χ4v) is 4.27. The van der Waals surface area contributed by atoms with Crippen molar-refractivity contribution < 1.29 is 19.1 Å². The molecule has 1 aliphatic heterocycles. The van der Waals surface area contributed by atoms with Gasteiger partial charge in [0.25, 0.3) is 11.8 Å². The molecule has 0 saturated heterocycles. The van der Waals surface area contributed by atoms with E-state index in [4.69, 9.17) is 4.74 Å². The van der Waals surface area contributed by atoms with E-state index in [1.54, 1.807) is 24.3 Å². The fourth-order valence-electron chi connectivity index (χ4n) is 4.27. The quantitative estimate of drug-likeness (QED) is 0.317. The minimum atomic E-state index is -0.818. The number of ether oxygens (including phenoxy) is 1. The number of carbonyl (C=O) groups is 3. The van der Waals surface area contributed by atoms with Crippen LogP contribution in [0, 0.1) is 0 Å². The zero-order valence-corrected chi connectivity index (χ0v) is 17.8. The summed E-state index contributed by atoms with van der Waals surface area (Å²) < 4.78 is 5.66. The van der Waals surface area contributed by atoms with E-state index in [0.29, 0.717) is 11.1 Å². The molecule has 1 unspecified atom stereocenters. The Hall–Kier alpha value is -4.25. The van der Waals surface area contributed by atoms with Crippen molar-refractivity contribution in [2.24, 2.45) is 0 Å². The van der Waals surface area contributed by atoms with Crippen LogP contribution in [0.15, 0.2) is 97.1 Å². The molecule has 5 rings (SSSR count). The molecular formula is C28H21NO4. The summed E-state index contributed by atoms with van der Waals surface area (Å²) in [6, 6.07) is 29.6. The van der Waals surface area contributed by atoms with Gasteiger partial charge in [0.2, 0.25) is 0 Å². The van der Waals surface area contributed by atoms with Gasteiger partial charge in [-0.25, -0.2) is 0 Å². The first kappa shape index (κ1) is 20.6. The molecule has 0 aliphatic carbocycles. The van der Waals surface area contributed by atoms with E-state index >= 15 is 0 Å². The summed E-state index contributed by atoms with van der Waals surface area (Å²) in [5.74, 6) is -2.08. The van der Waals surface area contributed by atoms with Crippen LogP contribution in [0.3, 0.4) is 0 Å². The highest BCUT2D eigenvalue weighted by Gasteiger charge is 2.39. The Bertz CT molecular complexity index is 1320. The molecule has 4 aromatic rings. The Morgan fingerprint density at radius 1 is 0.727 bits per heavy atom. The SMILES string of the molecule is O=C(OCc1ccccc1)C(CN1C(=O)c2ccccc2C1=O)c1cccc2ccccc12. The van der Waals surface area contributed by atoms with E-state index in [2.05, 4.69) is 0 Å². The first-order valence-electron chi connectivity index (χ1n) is 10.8. The second kappa shape index (κ2) is 8.71. The van der Waals surface area contributed by atoms with Crippen LogP contribution in [0.1, 0.15) is 37.8 Å². The highest BCUT2D eigenvalue weighted by Crippen LogP contribution is 2.31. The molecule has 0 spiro atoms. The molecule has 0 fully saturated rings. The Labute approximate surface area is 191 Å². The Balaban J connectivity index is 1.50. The van der Waals surface area contributed by atoms with Crippen molar-refractivity contribution in [3.8, 4) is 0 Å². The summed E-state index contributed by atoms with van der Waals surface area (Å²) in [7, 11) is 0. The third-order valence-corrected chi connectivity index (χ3v) is 5.95. The van der Waals surface area contributed by atoms with Gasteiger partial charge in [0.1, 0.15) is 12.5 Å². The molecule has 33 heavy (non-hydrogen) atoms. The minimum Gasteiger partial charge on any atom is -0.460 e. The van der Waals surface area contributed by atoms with E-state index in [9.17, 15) is 14.4 Å². The van der Waals surface area contributed by atoms with E-state index in [0.717, 1.165) is 26.8 Å². The third kappa shape index (κ3) is 3.89. The summed E-state index contributed by atoms with van der Waals surface area (Å²) >= 11 is 0. The van der Waals surface area contributed by atoms with Crippen molar-refractivity contribution >= 4 is 28.6 Å². The van der Waals surface area contributed by atoms with Gasteiger partial charge in [-0.2, -0.15) is 0 Å². The molecule has 0 aromatic heterocycles. The van der Waals surface area contributed by atoms with Gasteiger partial charge in [-0.1, -0.05) is 84.9 Å². The second-order valence-corrected chi connectivity index (χ2v) is 7.98. The molecule has 162 valence electrons. The van der Waals surface area contributed by atoms with E-state index in [-0.39, 0.29) is 13.2 Å². The Kier molecular flexibility index (Phi) is 5.45. The fraction of sp³-hybridized carbons (Fsp3) is 0.107. The van der Waals surface area contributed by atoms with Crippen LogP contribution in [0.4, 0.5) is 0 Å². The van der Waals surface area contributed by atoms with Gasteiger partial charge in [-0.15, -0.1) is 0 Å². The number of nitrogens with zero attached hydrogens (tertiary/aromatic N) is 1. The van der Waals surface area contributed by atoms with Crippen molar-refractivity contribution in [1.29, 1.82) is 0 Å². The molecule has 0 bridgehead atoms. The zero-order chi connectivity index (χ0) is 22.8. The average molecular weight is 435 g/mol. The number of fused-ring (bicyclic) bond motifs is 2. The maximum absolute atomic E-state index is 13.4. The number of esters is 1. The van der Waals surface area contributed by atoms with Gasteiger partial charge in [0.15, 0.2) is 0 Å². The molecule has 1 atom stereocenters. The number of hydrogen-bond donors (Lipinski definition) is 0. The molecule has 0 radical (unpaired) electrons. The maximum atomic E-state index is 13.4. The van der Waals surface area contributed by atoms with Gasteiger partial charge in [-0.3, -0.25) is 19.3 Å².